The highest BCUT2D eigenvalue weighted by atomic mass is 32.2. The lowest BCUT2D eigenvalue weighted by molar-refractivity contribution is 0.318. The van der Waals surface area contributed by atoms with E-state index in [2.05, 4.69) is 10.1 Å². The van der Waals surface area contributed by atoms with Crippen molar-refractivity contribution in [2.45, 2.75) is 9.79 Å². The molecule has 1 aromatic heterocycles. The summed E-state index contributed by atoms with van der Waals surface area (Å²) in [5.41, 5.74) is 5.72. The van der Waals surface area contributed by atoms with E-state index in [1.165, 1.54) is 12.3 Å². The summed E-state index contributed by atoms with van der Waals surface area (Å²) in [7, 11) is 0. The van der Waals surface area contributed by atoms with Gasteiger partial charge in [0.25, 0.3) is 0 Å². The number of pyridine rings is 1. The first-order valence-corrected chi connectivity index (χ1v) is 5.99. The molecular formula is C12H9F2N3OS. The molecule has 98 valence electrons. The van der Waals surface area contributed by atoms with Crippen molar-refractivity contribution in [3.8, 4) is 0 Å². The first-order valence-electron chi connectivity index (χ1n) is 5.17. The quantitative estimate of drug-likeness (QED) is 0.392. The van der Waals surface area contributed by atoms with E-state index in [4.69, 9.17) is 10.9 Å². The number of benzene rings is 1. The summed E-state index contributed by atoms with van der Waals surface area (Å²) in [6.45, 7) is 0. The smallest absolute Gasteiger partial charge is 0.189 e. The second-order valence-corrected chi connectivity index (χ2v) is 4.60. The van der Waals surface area contributed by atoms with Crippen LogP contribution in [0.1, 0.15) is 5.69 Å². The number of amidine groups is 1. The van der Waals surface area contributed by atoms with Gasteiger partial charge >= 0.3 is 0 Å². The van der Waals surface area contributed by atoms with Gasteiger partial charge in [-0.3, -0.25) is 4.98 Å². The van der Waals surface area contributed by atoms with Gasteiger partial charge in [0, 0.05) is 22.1 Å². The fourth-order valence-corrected chi connectivity index (χ4v) is 2.32. The fraction of sp³-hybridized carbons (Fsp3) is 0. The lowest BCUT2D eigenvalue weighted by atomic mass is 10.3. The molecule has 0 saturated heterocycles. The summed E-state index contributed by atoms with van der Waals surface area (Å²) in [4.78, 5) is 4.69. The number of aromatic nitrogens is 1. The molecule has 7 heteroatoms. The van der Waals surface area contributed by atoms with E-state index in [1.807, 2.05) is 0 Å². The van der Waals surface area contributed by atoms with Crippen LogP contribution in [-0.2, 0) is 0 Å². The third-order valence-corrected chi connectivity index (χ3v) is 3.34. The molecule has 0 aliphatic rings. The lowest BCUT2D eigenvalue weighted by Crippen LogP contribution is -2.16. The Labute approximate surface area is 112 Å². The van der Waals surface area contributed by atoms with Crippen molar-refractivity contribution in [2.75, 3.05) is 0 Å². The SMILES string of the molecule is N/C(=N/O)c1ncccc1Sc1ccc(F)cc1F. The molecule has 0 aliphatic carbocycles. The standard InChI is InChI=1S/C12H9F2N3OS/c13-7-3-4-9(8(14)6-7)19-10-2-1-5-16-11(10)12(15)17-18/h1-6,18H,(H2,15,17). The van der Waals surface area contributed by atoms with Crippen molar-refractivity contribution < 1.29 is 14.0 Å². The first kappa shape index (κ1) is 13.3. The van der Waals surface area contributed by atoms with E-state index in [-0.39, 0.29) is 16.4 Å². The molecule has 0 fully saturated rings. The van der Waals surface area contributed by atoms with Gasteiger partial charge in [-0.25, -0.2) is 8.78 Å². The van der Waals surface area contributed by atoms with Gasteiger partial charge in [-0.2, -0.15) is 0 Å². The number of nitrogens with zero attached hydrogens (tertiary/aromatic N) is 2. The molecular weight excluding hydrogens is 272 g/mol. The molecule has 0 bridgehead atoms. The molecule has 2 aromatic rings. The number of halogens is 2. The lowest BCUT2D eigenvalue weighted by Gasteiger charge is -2.07. The van der Waals surface area contributed by atoms with Crippen LogP contribution in [0.25, 0.3) is 0 Å². The molecule has 0 radical (unpaired) electrons. The Kier molecular flexibility index (Phi) is 3.96. The average molecular weight is 281 g/mol. The molecule has 1 aromatic carbocycles. The van der Waals surface area contributed by atoms with Crippen molar-refractivity contribution in [1.29, 1.82) is 0 Å². The highest BCUT2D eigenvalue weighted by Gasteiger charge is 2.12. The highest BCUT2D eigenvalue weighted by molar-refractivity contribution is 7.99. The molecule has 0 atom stereocenters. The predicted molar refractivity (Wildman–Crippen MR) is 67.2 cm³/mol. The summed E-state index contributed by atoms with van der Waals surface area (Å²) in [6.07, 6.45) is 1.47. The number of nitrogens with two attached hydrogens (primary N) is 1. The van der Waals surface area contributed by atoms with Crippen LogP contribution in [-0.4, -0.2) is 16.0 Å². The van der Waals surface area contributed by atoms with Crippen molar-refractivity contribution in [3.63, 3.8) is 0 Å². The Balaban J connectivity index is 2.38. The largest absolute Gasteiger partial charge is 0.409 e. The maximum atomic E-state index is 13.6. The Hall–Kier alpha value is -2.15. The Morgan fingerprint density at radius 2 is 2.05 bits per heavy atom. The summed E-state index contributed by atoms with van der Waals surface area (Å²) in [5, 5.41) is 11.5. The van der Waals surface area contributed by atoms with E-state index in [9.17, 15) is 8.78 Å². The average Bonchev–Trinajstić information content (AvgIpc) is 2.41. The van der Waals surface area contributed by atoms with Gasteiger partial charge in [-0.05, 0) is 24.3 Å². The molecule has 0 unspecified atom stereocenters. The molecule has 2 rings (SSSR count). The van der Waals surface area contributed by atoms with E-state index in [0.717, 1.165) is 23.9 Å². The topological polar surface area (TPSA) is 71.5 Å². The second kappa shape index (κ2) is 5.66. The van der Waals surface area contributed by atoms with E-state index in [1.54, 1.807) is 12.1 Å². The maximum absolute atomic E-state index is 13.6. The molecule has 1 heterocycles. The third kappa shape index (κ3) is 3.00. The second-order valence-electron chi connectivity index (χ2n) is 3.51. The number of rotatable bonds is 3. The minimum Gasteiger partial charge on any atom is -0.409 e. The fourth-order valence-electron chi connectivity index (χ4n) is 1.39. The first-order chi connectivity index (χ1) is 9.11. The van der Waals surface area contributed by atoms with E-state index in [0.29, 0.717) is 4.90 Å². The van der Waals surface area contributed by atoms with Crippen LogP contribution >= 0.6 is 11.8 Å². The molecule has 0 aliphatic heterocycles. The number of hydrogen-bond donors (Lipinski definition) is 2. The molecule has 0 saturated carbocycles. The third-order valence-electron chi connectivity index (χ3n) is 2.23. The van der Waals surface area contributed by atoms with Gasteiger partial charge in [0.15, 0.2) is 5.84 Å². The van der Waals surface area contributed by atoms with Crippen LogP contribution in [0.5, 0.6) is 0 Å². The summed E-state index contributed by atoms with van der Waals surface area (Å²) in [6, 6.07) is 6.55. The zero-order valence-corrected chi connectivity index (χ0v) is 10.4. The molecule has 3 N–H and O–H groups in total. The van der Waals surface area contributed by atoms with Gasteiger partial charge < -0.3 is 10.9 Å². The molecule has 19 heavy (non-hydrogen) atoms. The van der Waals surface area contributed by atoms with Gasteiger partial charge in [0.05, 0.1) is 0 Å². The minimum absolute atomic E-state index is 0.175. The Morgan fingerprint density at radius 1 is 1.26 bits per heavy atom. The van der Waals surface area contributed by atoms with Gasteiger partial charge in [0.1, 0.15) is 17.3 Å². The summed E-state index contributed by atoms with van der Waals surface area (Å²) in [5.74, 6) is -1.50. The van der Waals surface area contributed by atoms with Crippen molar-refractivity contribution in [2.24, 2.45) is 10.9 Å². The van der Waals surface area contributed by atoms with Crippen LogP contribution in [0.15, 0.2) is 51.5 Å². The van der Waals surface area contributed by atoms with Crippen LogP contribution in [0.2, 0.25) is 0 Å². The predicted octanol–water partition coefficient (Wildman–Crippen LogP) is 2.61. The molecule has 0 spiro atoms. The monoisotopic (exact) mass is 281 g/mol. The normalized spacial score (nSPS) is 11.6. The van der Waals surface area contributed by atoms with Gasteiger partial charge in [-0.1, -0.05) is 16.9 Å². The van der Waals surface area contributed by atoms with Gasteiger partial charge in [-0.15, -0.1) is 0 Å². The van der Waals surface area contributed by atoms with Crippen LogP contribution in [0.3, 0.4) is 0 Å². The van der Waals surface area contributed by atoms with Crippen LogP contribution < -0.4 is 5.73 Å². The van der Waals surface area contributed by atoms with Crippen LogP contribution in [0, 0.1) is 11.6 Å². The summed E-state index contributed by atoms with van der Waals surface area (Å²) < 4.78 is 26.4. The Morgan fingerprint density at radius 3 is 2.74 bits per heavy atom. The summed E-state index contributed by atoms with van der Waals surface area (Å²) >= 11 is 1.02. The van der Waals surface area contributed by atoms with Crippen LogP contribution in [0.4, 0.5) is 8.78 Å². The van der Waals surface area contributed by atoms with Crippen molar-refractivity contribution >= 4 is 17.6 Å². The zero-order valence-electron chi connectivity index (χ0n) is 9.55. The zero-order chi connectivity index (χ0) is 13.8. The van der Waals surface area contributed by atoms with Crippen molar-refractivity contribution in [3.05, 3.63) is 53.9 Å². The van der Waals surface area contributed by atoms with Crippen molar-refractivity contribution in [1.82, 2.24) is 4.98 Å². The van der Waals surface area contributed by atoms with E-state index < -0.39 is 11.6 Å². The molecule has 4 nitrogen and oxygen atoms in total. The Bertz CT molecular complexity index is 634. The van der Waals surface area contributed by atoms with Gasteiger partial charge in [0.2, 0.25) is 0 Å². The number of oxime groups is 1. The molecule has 0 amide bonds. The highest BCUT2D eigenvalue weighted by Crippen LogP contribution is 2.31. The maximum Gasteiger partial charge on any atom is 0.189 e. The number of hydrogen-bond acceptors (Lipinski definition) is 4. The minimum atomic E-state index is -0.681. The van der Waals surface area contributed by atoms with E-state index >= 15 is 0 Å².